The summed E-state index contributed by atoms with van der Waals surface area (Å²) in [5.74, 6) is -0.685. The molecule has 1 saturated heterocycles. The van der Waals surface area contributed by atoms with Gasteiger partial charge in [-0.1, -0.05) is 40.0 Å². The van der Waals surface area contributed by atoms with Gasteiger partial charge >= 0.3 is 0 Å². The summed E-state index contributed by atoms with van der Waals surface area (Å²) < 4.78 is 5.12. The van der Waals surface area contributed by atoms with Crippen LogP contribution in [0.25, 0.3) is 0 Å². The van der Waals surface area contributed by atoms with E-state index in [0.29, 0.717) is 12.8 Å². The molecule has 2 amide bonds. The van der Waals surface area contributed by atoms with Crippen LogP contribution < -0.4 is 10.6 Å². The second-order valence-electron chi connectivity index (χ2n) is 7.60. The van der Waals surface area contributed by atoms with Gasteiger partial charge in [-0.3, -0.25) is 14.4 Å². The summed E-state index contributed by atoms with van der Waals surface area (Å²) >= 11 is 0. The van der Waals surface area contributed by atoms with E-state index in [1.54, 1.807) is 6.92 Å². The molecule has 7 nitrogen and oxygen atoms in total. The molecule has 0 bridgehead atoms. The van der Waals surface area contributed by atoms with Gasteiger partial charge in [0.2, 0.25) is 11.8 Å². The summed E-state index contributed by atoms with van der Waals surface area (Å²) in [6.45, 7) is 7.40. The van der Waals surface area contributed by atoms with Gasteiger partial charge in [0.25, 0.3) is 0 Å². The van der Waals surface area contributed by atoms with Crippen molar-refractivity contribution >= 4 is 17.6 Å². The van der Waals surface area contributed by atoms with Gasteiger partial charge in [0.05, 0.1) is 19.3 Å². The van der Waals surface area contributed by atoms with Crippen LogP contribution in [0.5, 0.6) is 0 Å². The highest BCUT2D eigenvalue weighted by Crippen LogP contribution is 2.30. The molecular weight excluding hydrogens is 336 g/mol. The molecule has 0 radical (unpaired) electrons. The predicted octanol–water partition coefficient (Wildman–Crippen LogP) is 1.32. The maximum absolute atomic E-state index is 12.6. The van der Waals surface area contributed by atoms with Gasteiger partial charge in [-0.2, -0.15) is 0 Å². The fourth-order valence-corrected chi connectivity index (χ4v) is 2.81. The molecule has 0 unspecified atom stereocenters. The minimum absolute atomic E-state index is 0.159. The molecular formula is C19H34N2O5. The van der Waals surface area contributed by atoms with E-state index in [-0.39, 0.29) is 30.8 Å². The third-order valence-corrected chi connectivity index (χ3v) is 4.57. The number of aliphatic hydroxyl groups is 1. The molecule has 1 fully saturated rings. The Morgan fingerprint density at radius 3 is 2.27 bits per heavy atom. The van der Waals surface area contributed by atoms with Crippen LogP contribution in [-0.4, -0.2) is 53.6 Å². The fourth-order valence-electron chi connectivity index (χ4n) is 2.81. The van der Waals surface area contributed by atoms with E-state index in [1.165, 1.54) is 0 Å². The van der Waals surface area contributed by atoms with E-state index in [1.807, 2.05) is 13.8 Å². The molecule has 1 heterocycles. The van der Waals surface area contributed by atoms with Gasteiger partial charge < -0.3 is 20.5 Å². The summed E-state index contributed by atoms with van der Waals surface area (Å²) in [5, 5.41) is 14.8. The molecule has 1 rings (SSSR count). The van der Waals surface area contributed by atoms with E-state index >= 15 is 0 Å². The van der Waals surface area contributed by atoms with Crippen LogP contribution in [-0.2, 0) is 19.1 Å². The second-order valence-corrected chi connectivity index (χ2v) is 7.60. The van der Waals surface area contributed by atoms with Crippen LogP contribution in [0.3, 0.4) is 0 Å². The molecule has 26 heavy (non-hydrogen) atoms. The molecule has 0 saturated carbocycles. The van der Waals surface area contributed by atoms with Crippen molar-refractivity contribution in [3.05, 3.63) is 0 Å². The topological polar surface area (TPSA) is 108 Å². The van der Waals surface area contributed by atoms with Crippen LogP contribution in [0, 0.1) is 5.92 Å². The minimum atomic E-state index is -1.17. The zero-order valence-corrected chi connectivity index (χ0v) is 16.5. The smallest absolute Gasteiger partial charge is 0.242 e. The maximum atomic E-state index is 12.6. The van der Waals surface area contributed by atoms with Crippen molar-refractivity contribution < 1.29 is 24.2 Å². The van der Waals surface area contributed by atoms with E-state index in [2.05, 4.69) is 17.6 Å². The normalized spacial score (nSPS) is 21.2. The van der Waals surface area contributed by atoms with Crippen molar-refractivity contribution in [1.29, 1.82) is 0 Å². The molecule has 0 aromatic heterocycles. The number of carbonyl (C=O) groups excluding carboxylic acids is 3. The zero-order chi connectivity index (χ0) is 19.7. The van der Waals surface area contributed by atoms with Crippen LogP contribution >= 0.6 is 0 Å². The number of rotatable bonds is 13. The highest BCUT2D eigenvalue weighted by Gasteiger charge is 2.54. The molecule has 1 aliphatic rings. The number of nitrogens with one attached hydrogen (secondary N) is 2. The number of Topliss-reactive ketones (excluding diaryl/α,β-unsaturated/α-hetero) is 1. The fraction of sp³-hybridized carbons (Fsp3) is 0.842. The van der Waals surface area contributed by atoms with E-state index < -0.39 is 23.6 Å². The van der Waals surface area contributed by atoms with Gasteiger partial charge in [0, 0.05) is 6.42 Å². The Hall–Kier alpha value is -1.47. The molecule has 150 valence electrons. The van der Waals surface area contributed by atoms with Gasteiger partial charge in [-0.15, -0.1) is 0 Å². The van der Waals surface area contributed by atoms with E-state index in [9.17, 15) is 19.5 Å². The molecule has 1 aliphatic heterocycles. The van der Waals surface area contributed by atoms with E-state index in [4.69, 9.17) is 4.74 Å². The van der Waals surface area contributed by atoms with Crippen LogP contribution in [0.2, 0.25) is 0 Å². The number of hydrogen-bond donors (Lipinski definition) is 3. The quantitative estimate of drug-likeness (QED) is 0.335. The number of amides is 2. The Labute approximate surface area is 156 Å². The first-order valence-electron chi connectivity index (χ1n) is 9.64. The van der Waals surface area contributed by atoms with Gasteiger partial charge in [0.1, 0.15) is 6.04 Å². The standard InChI is InChI=1S/C19H34N2O5/c1-5-6-7-8-9-16(23)20-14(4)18(25)21-15(10-13(2)3)17(24)19(11-22)12-26-19/h13-15,22H,5-12H2,1-4H3,(H,20,23)(H,21,25)/t14-,15-,19+/m0/s1. The van der Waals surface area contributed by atoms with Crippen molar-refractivity contribution in [3.8, 4) is 0 Å². The lowest BCUT2D eigenvalue weighted by Crippen LogP contribution is -2.53. The summed E-state index contributed by atoms with van der Waals surface area (Å²) in [6.07, 6.45) is 4.85. The lowest BCUT2D eigenvalue weighted by molar-refractivity contribution is -0.133. The summed E-state index contributed by atoms with van der Waals surface area (Å²) in [4.78, 5) is 36.9. The van der Waals surface area contributed by atoms with Crippen molar-refractivity contribution in [1.82, 2.24) is 10.6 Å². The number of aliphatic hydroxyl groups excluding tert-OH is 1. The summed E-state index contributed by atoms with van der Waals surface area (Å²) in [6, 6.07) is -1.46. The molecule has 0 aromatic carbocycles. The predicted molar refractivity (Wildman–Crippen MR) is 98.5 cm³/mol. The SMILES string of the molecule is CCCCCCC(=O)N[C@@H](C)C(=O)N[C@@H](CC(C)C)C(=O)[C@@]1(CO)CO1. The number of carbonyl (C=O) groups is 3. The van der Waals surface area contributed by atoms with Crippen LogP contribution in [0.1, 0.15) is 66.2 Å². The minimum Gasteiger partial charge on any atom is -0.393 e. The number of ether oxygens (including phenoxy) is 1. The lowest BCUT2D eigenvalue weighted by Gasteiger charge is -2.24. The Morgan fingerprint density at radius 2 is 1.77 bits per heavy atom. The number of ketones is 1. The summed E-state index contributed by atoms with van der Waals surface area (Å²) in [7, 11) is 0. The molecule has 0 aromatic rings. The third kappa shape index (κ3) is 7.03. The van der Waals surface area contributed by atoms with E-state index in [0.717, 1.165) is 25.7 Å². The average molecular weight is 370 g/mol. The zero-order valence-electron chi connectivity index (χ0n) is 16.5. The highest BCUT2D eigenvalue weighted by atomic mass is 16.6. The molecule has 0 spiro atoms. The average Bonchev–Trinajstić information content (AvgIpc) is 3.38. The largest absolute Gasteiger partial charge is 0.393 e. The Kier molecular flexibility index (Phi) is 9.22. The first-order chi connectivity index (χ1) is 12.3. The van der Waals surface area contributed by atoms with Crippen molar-refractivity contribution in [2.75, 3.05) is 13.2 Å². The molecule has 3 N–H and O–H groups in total. The number of hydrogen-bond acceptors (Lipinski definition) is 5. The van der Waals surface area contributed by atoms with Crippen molar-refractivity contribution in [2.45, 2.75) is 83.9 Å². The first-order valence-corrected chi connectivity index (χ1v) is 9.64. The van der Waals surface area contributed by atoms with Gasteiger partial charge in [-0.05, 0) is 25.7 Å². The lowest BCUT2D eigenvalue weighted by atomic mass is 9.92. The monoisotopic (exact) mass is 370 g/mol. The number of unbranched alkanes of at least 4 members (excludes halogenated alkanes) is 3. The molecule has 0 aliphatic carbocycles. The Bertz CT molecular complexity index is 488. The Balaban J connectivity index is 2.54. The maximum Gasteiger partial charge on any atom is 0.242 e. The first kappa shape index (κ1) is 22.6. The van der Waals surface area contributed by atoms with Gasteiger partial charge in [-0.25, -0.2) is 0 Å². The number of epoxide rings is 1. The third-order valence-electron chi connectivity index (χ3n) is 4.57. The van der Waals surface area contributed by atoms with Crippen molar-refractivity contribution in [2.24, 2.45) is 5.92 Å². The molecule has 3 atom stereocenters. The Morgan fingerprint density at radius 1 is 1.12 bits per heavy atom. The van der Waals surface area contributed by atoms with Crippen molar-refractivity contribution in [3.63, 3.8) is 0 Å². The van der Waals surface area contributed by atoms with Crippen LogP contribution in [0.15, 0.2) is 0 Å². The van der Waals surface area contributed by atoms with Crippen LogP contribution in [0.4, 0.5) is 0 Å². The second kappa shape index (κ2) is 10.6. The summed E-state index contributed by atoms with van der Waals surface area (Å²) in [5.41, 5.74) is -1.17. The highest BCUT2D eigenvalue weighted by molar-refractivity contribution is 5.98. The van der Waals surface area contributed by atoms with Gasteiger partial charge in [0.15, 0.2) is 11.4 Å². The molecule has 7 heteroatoms.